The lowest BCUT2D eigenvalue weighted by Gasteiger charge is -2.15. The third-order valence-electron chi connectivity index (χ3n) is 3.05. The van der Waals surface area contributed by atoms with Crippen molar-refractivity contribution in [1.82, 2.24) is 5.32 Å². The van der Waals surface area contributed by atoms with E-state index in [1.54, 1.807) is 12.1 Å². The molecule has 0 saturated carbocycles. The summed E-state index contributed by atoms with van der Waals surface area (Å²) in [7, 11) is 5.38. The molecule has 1 rings (SSSR count). The first-order chi connectivity index (χ1) is 10.4. The maximum atomic E-state index is 11.9. The molecule has 0 aliphatic carbocycles. The number of methoxy groups -OCH3 is 1. The van der Waals surface area contributed by atoms with Gasteiger partial charge in [-0.3, -0.25) is 9.59 Å². The molecule has 0 aliphatic rings. The van der Waals surface area contributed by atoms with Gasteiger partial charge in [-0.25, -0.2) is 0 Å². The lowest BCUT2D eigenvalue weighted by atomic mass is 10.2. The summed E-state index contributed by atoms with van der Waals surface area (Å²) in [4.78, 5) is 25.0. The number of ether oxygens (including phenoxy) is 1. The Kier molecular flexibility index (Phi) is 7.34. The number of nitrogens with one attached hydrogen (secondary N) is 2. The van der Waals surface area contributed by atoms with Crippen LogP contribution in [-0.4, -0.2) is 57.4 Å². The fourth-order valence-corrected chi connectivity index (χ4v) is 1.82. The van der Waals surface area contributed by atoms with Crippen LogP contribution < -0.4 is 15.5 Å². The zero-order valence-electron chi connectivity index (χ0n) is 13.1. The molecule has 1 aromatic rings. The van der Waals surface area contributed by atoms with Gasteiger partial charge in [0.15, 0.2) is 0 Å². The normalized spacial score (nSPS) is 11.8. The second-order valence-corrected chi connectivity index (χ2v) is 5.03. The van der Waals surface area contributed by atoms with Gasteiger partial charge in [-0.15, -0.1) is 0 Å². The fourth-order valence-electron chi connectivity index (χ4n) is 1.82. The molecule has 0 radical (unpaired) electrons. The molecule has 1 aromatic carbocycles. The van der Waals surface area contributed by atoms with Crippen LogP contribution in [0.3, 0.4) is 0 Å². The summed E-state index contributed by atoms with van der Waals surface area (Å²) < 4.78 is 4.84. The first-order valence-electron chi connectivity index (χ1n) is 6.96. The summed E-state index contributed by atoms with van der Waals surface area (Å²) in [6.45, 7) is 0.760. The van der Waals surface area contributed by atoms with E-state index < -0.39 is 12.0 Å². The minimum atomic E-state index is -1.06. The standard InChI is InChI=1S/C15H23N3O4/c1-18(2)12-6-4-11(5-7-12)17-14(19)10-13(15(20)21)16-8-9-22-3/h4-7,13,16H,8-10H2,1-3H3,(H,17,19)(H,20,21)/t13-/m0/s1. The van der Waals surface area contributed by atoms with Crippen molar-refractivity contribution in [3.63, 3.8) is 0 Å². The number of carbonyl (C=O) groups excluding carboxylic acids is 1. The van der Waals surface area contributed by atoms with Crippen molar-refractivity contribution in [2.75, 3.05) is 44.6 Å². The predicted molar refractivity (Wildman–Crippen MR) is 85.3 cm³/mol. The molecule has 0 bridgehead atoms. The Hall–Kier alpha value is -2.12. The molecule has 0 aromatic heterocycles. The minimum absolute atomic E-state index is 0.144. The zero-order valence-corrected chi connectivity index (χ0v) is 13.1. The first-order valence-corrected chi connectivity index (χ1v) is 6.96. The number of carboxylic acid groups (broad SMARTS) is 1. The Morgan fingerprint density at radius 3 is 2.41 bits per heavy atom. The summed E-state index contributed by atoms with van der Waals surface area (Å²) >= 11 is 0. The van der Waals surface area contributed by atoms with Crippen LogP contribution in [0.5, 0.6) is 0 Å². The highest BCUT2D eigenvalue weighted by atomic mass is 16.5. The number of aliphatic carboxylic acids is 1. The van der Waals surface area contributed by atoms with E-state index in [-0.39, 0.29) is 12.3 Å². The van der Waals surface area contributed by atoms with Crippen LogP contribution in [0.2, 0.25) is 0 Å². The molecule has 0 heterocycles. The molecule has 7 nitrogen and oxygen atoms in total. The van der Waals surface area contributed by atoms with E-state index in [2.05, 4.69) is 10.6 Å². The number of benzene rings is 1. The lowest BCUT2D eigenvalue weighted by Crippen LogP contribution is -2.41. The van der Waals surface area contributed by atoms with E-state index in [1.165, 1.54) is 7.11 Å². The van der Waals surface area contributed by atoms with Crippen molar-refractivity contribution in [1.29, 1.82) is 0 Å². The van der Waals surface area contributed by atoms with E-state index in [0.717, 1.165) is 5.69 Å². The molecule has 0 aliphatic heterocycles. The van der Waals surface area contributed by atoms with Crippen molar-refractivity contribution in [3.05, 3.63) is 24.3 Å². The van der Waals surface area contributed by atoms with Gasteiger partial charge < -0.3 is 25.4 Å². The number of hydrogen-bond donors (Lipinski definition) is 3. The van der Waals surface area contributed by atoms with Gasteiger partial charge in [0.05, 0.1) is 13.0 Å². The van der Waals surface area contributed by atoms with Gasteiger partial charge in [0.1, 0.15) is 6.04 Å². The quantitative estimate of drug-likeness (QED) is 0.584. The highest BCUT2D eigenvalue weighted by molar-refractivity contribution is 5.94. The van der Waals surface area contributed by atoms with E-state index in [1.807, 2.05) is 31.1 Å². The Morgan fingerprint density at radius 2 is 1.91 bits per heavy atom. The highest BCUT2D eigenvalue weighted by Gasteiger charge is 2.20. The molecule has 0 spiro atoms. The van der Waals surface area contributed by atoms with Crippen LogP contribution in [0.15, 0.2) is 24.3 Å². The summed E-state index contributed by atoms with van der Waals surface area (Å²) in [6.07, 6.45) is -0.144. The summed E-state index contributed by atoms with van der Waals surface area (Å²) in [5.74, 6) is -1.41. The Morgan fingerprint density at radius 1 is 1.27 bits per heavy atom. The van der Waals surface area contributed by atoms with E-state index >= 15 is 0 Å². The number of amides is 1. The van der Waals surface area contributed by atoms with Crippen LogP contribution in [0, 0.1) is 0 Å². The Balaban J connectivity index is 2.53. The van der Waals surface area contributed by atoms with Gasteiger partial charge in [0, 0.05) is 39.1 Å². The fraction of sp³-hybridized carbons (Fsp3) is 0.467. The molecule has 0 saturated heterocycles. The lowest BCUT2D eigenvalue weighted by molar-refractivity contribution is -0.141. The smallest absolute Gasteiger partial charge is 0.321 e. The summed E-state index contributed by atoms with van der Waals surface area (Å²) in [5, 5.41) is 14.6. The minimum Gasteiger partial charge on any atom is -0.480 e. The molecular formula is C15H23N3O4. The maximum Gasteiger partial charge on any atom is 0.321 e. The second-order valence-electron chi connectivity index (χ2n) is 5.03. The predicted octanol–water partition coefficient (Wildman–Crippen LogP) is 0.770. The van der Waals surface area contributed by atoms with E-state index in [0.29, 0.717) is 18.8 Å². The summed E-state index contributed by atoms with van der Waals surface area (Å²) in [6, 6.07) is 6.38. The third-order valence-corrected chi connectivity index (χ3v) is 3.05. The number of rotatable bonds is 9. The Bertz CT molecular complexity index is 488. The van der Waals surface area contributed by atoms with Crippen LogP contribution in [0.25, 0.3) is 0 Å². The molecule has 22 heavy (non-hydrogen) atoms. The van der Waals surface area contributed by atoms with Gasteiger partial charge in [-0.2, -0.15) is 0 Å². The highest BCUT2D eigenvalue weighted by Crippen LogP contribution is 2.15. The van der Waals surface area contributed by atoms with Crippen molar-refractivity contribution < 1.29 is 19.4 Å². The molecule has 3 N–H and O–H groups in total. The van der Waals surface area contributed by atoms with Gasteiger partial charge in [-0.05, 0) is 24.3 Å². The number of carboxylic acids is 1. The molecule has 1 atom stereocenters. The van der Waals surface area contributed by atoms with Gasteiger partial charge in [0.2, 0.25) is 5.91 Å². The van der Waals surface area contributed by atoms with Gasteiger partial charge in [-0.1, -0.05) is 0 Å². The van der Waals surface area contributed by atoms with Crippen molar-refractivity contribution in [2.24, 2.45) is 0 Å². The van der Waals surface area contributed by atoms with Crippen molar-refractivity contribution in [2.45, 2.75) is 12.5 Å². The number of hydrogen-bond acceptors (Lipinski definition) is 5. The van der Waals surface area contributed by atoms with Crippen molar-refractivity contribution >= 4 is 23.3 Å². The summed E-state index contributed by atoms with van der Waals surface area (Å²) in [5.41, 5.74) is 1.65. The van der Waals surface area contributed by atoms with Crippen LogP contribution in [0.4, 0.5) is 11.4 Å². The van der Waals surface area contributed by atoms with Crippen LogP contribution >= 0.6 is 0 Å². The van der Waals surface area contributed by atoms with E-state index in [9.17, 15) is 9.59 Å². The molecular weight excluding hydrogens is 286 g/mol. The zero-order chi connectivity index (χ0) is 16.5. The maximum absolute atomic E-state index is 11.9. The average Bonchev–Trinajstić information content (AvgIpc) is 2.46. The number of nitrogens with zero attached hydrogens (tertiary/aromatic N) is 1. The number of anilines is 2. The number of carbonyl (C=O) groups is 2. The second kappa shape index (κ2) is 9.01. The van der Waals surface area contributed by atoms with Crippen LogP contribution in [0.1, 0.15) is 6.42 Å². The monoisotopic (exact) mass is 309 g/mol. The van der Waals surface area contributed by atoms with Crippen molar-refractivity contribution in [3.8, 4) is 0 Å². The Labute approximate surface area is 130 Å². The molecule has 1 amide bonds. The molecule has 7 heteroatoms. The van der Waals surface area contributed by atoms with Gasteiger partial charge >= 0.3 is 5.97 Å². The topological polar surface area (TPSA) is 90.9 Å². The third kappa shape index (κ3) is 6.11. The average molecular weight is 309 g/mol. The molecule has 0 unspecified atom stereocenters. The SMILES string of the molecule is COCCN[C@@H](CC(=O)Nc1ccc(N(C)C)cc1)C(=O)O. The molecule has 0 fully saturated rings. The van der Waals surface area contributed by atoms with E-state index in [4.69, 9.17) is 9.84 Å². The molecule has 122 valence electrons. The van der Waals surface area contributed by atoms with Crippen LogP contribution in [-0.2, 0) is 14.3 Å². The largest absolute Gasteiger partial charge is 0.480 e. The first kappa shape index (κ1) is 17.9. The van der Waals surface area contributed by atoms with Gasteiger partial charge in [0.25, 0.3) is 0 Å².